The van der Waals surface area contributed by atoms with Gasteiger partial charge in [0.1, 0.15) is 6.54 Å². The van der Waals surface area contributed by atoms with E-state index in [0.29, 0.717) is 6.54 Å². The Morgan fingerprint density at radius 3 is 2.86 bits per heavy atom. The molecule has 0 spiro atoms. The van der Waals surface area contributed by atoms with E-state index in [-0.39, 0.29) is 18.4 Å². The summed E-state index contributed by atoms with van der Waals surface area (Å²) in [6, 6.07) is 2.07. The summed E-state index contributed by atoms with van der Waals surface area (Å²) in [5, 5.41) is 15.9. The lowest BCUT2D eigenvalue weighted by atomic mass is 10.3. The molecule has 8 nitrogen and oxygen atoms in total. The summed E-state index contributed by atoms with van der Waals surface area (Å²) < 4.78 is 2.93. The lowest BCUT2D eigenvalue weighted by molar-refractivity contribution is -0.137. The molecule has 0 aliphatic heterocycles. The van der Waals surface area contributed by atoms with Crippen molar-refractivity contribution in [3.8, 4) is 0 Å². The SMILES string of the molecule is CC(C)n1nccc1CNc1nccn(CC(=O)O)c1=O. The van der Waals surface area contributed by atoms with E-state index < -0.39 is 11.5 Å². The van der Waals surface area contributed by atoms with Gasteiger partial charge in [0.15, 0.2) is 5.82 Å². The van der Waals surface area contributed by atoms with Gasteiger partial charge >= 0.3 is 5.97 Å². The molecule has 0 fully saturated rings. The highest BCUT2D eigenvalue weighted by Crippen LogP contribution is 2.09. The molecule has 0 aliphatic rings. The van der Waals surface area contributed by atoms with Crippen LogP contribution in [-0.2, 0) is 17.9 Å². The highest BCUT2D eigenvalue weighted by atomic mass is 16.4. The minimum atomic E-state index is -1.08. The summed E-state index contributed by atoms with van der Waals surface area (Å²) in [4.78, 5) is 26.7. The Morgan fingerprint density at radius 1 is 1.43 bits per heavy atom. The van der Waals surface area contributed by atoms with E-state index in [9.17, 15) is 9.59 Å². The molecule has 0 aliphatic carbocycles. The highest BCUT2D eigenvalue weighted by Gasteiger charge is 2.09. The maximum atomic E-state index is 12.0. The molecule has 0 saturated carbocycles. The van der Waals surface area contributed by atoms with E-state index in [0.717, 1.165) is 10.3 Å². The smallest absolute Gasteiger partial charge is 0.323 e. The number of rotatable bonds is 6. The number of carboxylic acids is 1. The standard InChI is InChI=1S/C13H17N5O3/c1-9(2)18-10(3-4-16-18)7-15-12-13(21)17(6-5-14-12)8-11(19)20/h3-6,9H,7-8H2,1-2H3,(H,14,15)(H,19,20). The van der Waals surface area contributed by atoms with E-state index in [1.165, 1.54) is 12.4 Å². The van der Waals surface area contributed by atoms with Gasteiger partial charge in [-0.15, -0.1) is 0 Å². The summed E-state index contributed by atoms with van der Waals surface area (Å²) >= 11 is 0. The van der Waals surface area contributed by atoms with Crippen LogP contribution >= 0.6 is 0 Å². The zero-order valence-corrected chi connectivity index (χ0v) is 11.9. The number of hydrogen-bond acceptors (Lipinski definition) is 5. The van der Waals surface area contributed by atoms with Gasteiger partial charge in [-0.1, -0.05) is 0 Å². The van der Waals surface area contributed by atoms with Crippen LogP contribution in [0, 0.1) is 0 Å². The molecule has 0 atom stereocenters. The summed E-state index contributed by atoms with van der Waals surface area (Å²) in [5.41, 5.74) is 0.454. The van der Waals surface area contributed by atoms with Crippen molar-refractivity contribution < 1.29 is 9.90 Å². The van der Waals surface area contributed by atoms with Crippen LogP contribution in [0.2, 0.25) is 0 Å². The van der Waals surface area contributed by atoms with Crippen LogP contribution in [0.15, 0.2) is 29.5 Å². The van der Waals surface area contributed by atoms with Crippen LogP contribution in [0.1, 0.15) is 25.6 Å². The third kappa shape index (κ3) is 3.47. The van der Waals surface area contributed by atoms with E-state index >= 15 is 0 Å². The zero-order valence-electron chi connectivity index (χ0n) is 11.9. The molecule has 0 bridgehead atoms. The van der Waals surface area contributed by atoms with Crippen molar-refractivity contribution in [2.24, 2.45) is 0 Å². The van der Waals surface area contributed by atoms with Crippen LogP contribution in [0.3, 0.4) is 0 Å². The molecule has 0 unspecified atom stereocenters. The van der Waals surface area contributed by atoms with Gasteiger partial charge in [0.2, 0.25) is 0 Å². The molecule has 2 heterocycles. The average Bonchev–Trinajstić information content (AvgIpc) is 2.88. The van der Waals surface area contributed by atoms with Gasteiger partial charge in [0.05, 0.1) is 12.2 Å². The van der Waals surface area contributed by atoms with Crippen molar-refractivity contribution >= 4 is 11.8 Å². The lowest BCUT2D eigenvalue weighted by Crippen LogP contribution is -2.27. The molecule has 21 heavy (non-hydrogen) atoms. The minimum Gasteiger partial charge on any atom is -0.480 e. The van der Waals surface area contributed by atoms with E-state index in [2.05, 4.69) is 15.4 Å². The predicted octanol–water partition coefficient (Wildman–Crippen LogP) is 0.717. The summed E-state index contributed by atoms with van der Waals surface area (Å²) in [7, 11) is 0. The van der Waals surface area contributed by atoms with E-state index in [4.69, 9.17) is 5.11 Å². The fourth-order valence-corrected chi connectivity index (χ4v) is 1.96. The normalized spacial score (nSPS) is 10.8. The molecular formula is C13H17N5O3. The van der Waals surface area contributed by atoms with Crippen molar-refractivity contribution in [1.29, 1.82) is 0 Å². The first kappa shape index (κ1) is 14.8. The van der Waals surface area contributed by atoms with Crippen LogP contribution in [-0.4, -0.2) is 30.4 Å². The van der Waals surface area contributed by atoms with Crippen LogP contribution in [0.5, 0.6) is 0 Å². The molecule has 0 amide bonds. The monoisotopic (exact) mass is 291 g/mol. The second-order valence-electron chi connectivity index (χ2n) is 4.82. The molecule has 2 N–H and O–H groups in total. The maximum Gasteiger partial charge on any atom is 0.323 e. The number of carbonyl (C=O) groups is 1. The second kappa shape index (κ2) is 6.21. The van der Waals surface area contributed by atoms with Crippen molar-refractivity contribution in [2.45, 2.75) is 33.0 Å². The van der Waals surface area contributed by atoms with Crippen LogP contribution in [0.4, 0.5) is 5.82 Å². The summed E-state index contributed by atoms with van der Waals surface area (Å²) in [5.74, 6) is -0.956. The number of aromatic nitrogens is 4. The number of aliphatic carboxylic acids is 1. The topological polar surface area (TPSA) is 102 Å². The highest BCUT2D eigenvalue weighted by molar-refractivity contribution is 5.66. The fourth-order valence-electron chi connectivity index (χ4n) is 1.96. The quantitative estimate of drug-likeness (QED) is 0.813. The Hall–Kier alpha value is -2.64. The number of carboxylic acid groups (broad SMARTS) is 1. The molecule has 2 aromatic heterocycles. The summed E-state index contributed by atoms with van der Waals surface area (Å²) in [6.07, 6.45) is 4.44. The van der Waals surface area contributed by atoms with E-state index in [1.807, 2.05) is 24.6 Å². The maximum absolute atomic E-state index is 12.0. The van der Waals surface area contributed by atoms with Gasteiger partial charge < -0.3 is 10.4 Å². The Kier molecular flexibility index (Phi) is 4.36. The average molecular weight is 291 g/mol. The van der Waals surface area contributed by atoms with Gasteiger partial charge in [-0.25, -0.2) is 4.98 Å². The van der Waals surface area contributed by atoms with Crippen molar-refractivity contribution in [3.63, 3.8) is 0 Å². The Bertz CT molecular complexity index is 689. The first-order valence-corrected chi connectivity index (χ1v) is 6.52. The predicted molar refractivity (Wildman–Crippen MR) is 76.1 cm³/mol. The number of nitrogens with zero attached hydrogens (tertiary/aromatic N) is 4. The molecule has 2 rings (SSSR count). The number of nitrogens with one attached hydrogen (secondary N) is 1. The molecule has 0 saturated heterocycles. The Balaban J connectivity index is 2.15. The molecule has 112 valence electrons. The Morgan fingerprint density at radius 2 is 2.19 bits per heavy atom. The molecular weight excluding hydrogens is 274 g/mol. The molecule has 8 heteroatoms. The van der Waals surface area contributed by atoms with Crippen molar-refractivity contribution in [1.82, 2.24) is 19.3 Å². The van der Waals surface area contributed by atoms with Crippen LogP contribution < -0.4 is 10.9 Å². The van der Waals surface area contributed by atoms with Gasteiger partial charge in [-0.2, -0.15) is 5.10 Å². The minimum absolute atomic E-state index is 0.121. The number of anilines is 1. The second-order valence-corrected chi connectivity index (χ2v) is 4.82. The third-order valence-corrected chi connectivity index (χ3v) is 2.90. The largest absolute Gasteiger partial charge is 0.480 e. The Labute approximate surface area is 121 Å². The zero-order chi connectivity index (χ0) is 15.4. The third-order valence-electron chi connectivity index (χ3n) is 2.90. The van der Waals surface area contributed by atoms with Gasteiger partial charge in [0, 0.05) is 24.6 Å². The lowest BCUT2D eigenvalue weighted by Gasteiger charge is -2.12. The molecule has 0 aromatic carbocycles. The molecule has 2 aromatic rings. The molecule has 0 radical (unpaired) electrons. The first-order chi connectivity index (χ1) is 9.99. The van der Waals surface area contributed by atoms with Crippen molar-refractivity contribution in [3.05, 3.63) is 40.7 Å². The van der Waals surface area contributed by atoms with Gasteiger partial charge in [0.25, 0.3) is 5.56 Å². The van der Waals surface area contributed by atoms with E-state index in [1.54, 1.807) is 6.20 Å². The van der Waals surface area contributed by atoms with Gasteiger partial charge in [-0.3, -0.25) is 18.8 Å². The fraction of sp³-hybridized carbons (Fsp3) is 0.385. The van der Waals surface area contributed by atoms with Crippen LogP contribution in [0.25, 0.3) is 0 Å². The summed E-state index contributed by atoms with van der Waals surface area (Å²) in [6.45, 7) is 4.02. The van der Waals surface area contributed by atoms with Crippen molar-refractivity contribution in [2.75, 3.05) is 5.32 Å². The first-order valence-electron chi connectivity index (χ1n) is 6.52. The van der Waals surface area contributed by atoms with Gasteiger partial charge in [-0.05, 0) is 19.9 Å². The number of hydrogen-bond donors (Lipinski definition) is 2.